The molecule has 1 aliphatic heterocycles. The molecule has 1 N–H and O–H groups in total. The Morgan fingerprint density at radius 1 is 1.07 bits per heavy atom. The highest BCUT2D eigenvalue weighted by atomic mass is 79.9. The van der Waals surface area contributed by atoms with E-state index in [1.54, 1.807) is 44.4 Å². The van der Waals surface area contributed by atoms with Gasteiger partial charge in [-0.05, 0) is 42.8 Å². The molecule has 0 aliphatic carbocycles. The van der Waals surface area contributed by atoms with Gasteiger partial charge in [-0.15, -0.1) is 0 Å². The monoisotopic (exact) mass is 491 g/mol. The van der Waals surface area contributed by atoms with Gasteiger partial charge in [0.1, 0.15) is 0 Å². The average molecular weight is 493 g/mol. The van der Waals surface area contributed by atoms with Crippen LogP contribution in [0.15, 0.2) is 40.9 Å². The second-order valence-electron chi connectivity index (χ2n) is 7.00. The number of rotatable bonds is 6. The largest absolute Gasteiger partial charge is 0.345 e. The first-order chi connectivity index (χ1) is 14.2. The second-order valence-corrected chi connectivity index (χ2v) is 8.32. The Morgan fingerprint density at radius 3 is 2.47 bits per heavy atom. The first-order valence-corrected chi connectivity index (χ1v) is 10.3. The van der Waals surface area contributed by atoms with Crippen LogP contribution in [0.25, 0.3) is 0 Å². The van der Waals surface area contributed by atoms with Gasteiger partial charge in [-0.25, -0.2) is 0 Å². The standard InChI is InChI=1S/C21H19BrClN3O4/c1-25(2)19(28)12-5-8-16(23)17(10-12)24-18(27)4-3-9-26-20(29)14-7-6-13(22)11-15(14)21(26)30/h5-8,10-11H,3-4,9H2,1-2H3,(H,24,27). The maximum Gasteiger partial charge on any atom is 0.261 e. The van der Waals surface area contributed by atoms with Gasteiger partial charge in [0.25, 0.3) is 17.7 Å². The van der Waals surface area contributed by atoms with Gasteiger partial charge < -0.3 is 10.2 Å². The van der Waals surface area contributed by atoms with Crippen LogP contribution < -0.4 is 5.32 Å². The van der Waals surface area contributed by atoms with Crippen molar-refractivity contribution in [3.05, 3.63) is 62.6 Å². The average Bonchev–Trinajstić information content (AvgIpc) is 2.93. The van der Waals surface area contributed by atoms with Crippen LogP contribution in [0.5, 0.6) is 0 Å². The number of amides is 4. The third-order valence-electron chi connectivity index (χ3n) is 4.61. The van der Waals surface area contributed by atoms with Crippen molar-refractivity contribution in [3.63, 3.8) is 0 Å². The molecule has 1 aliphatic rings. The lowest BCUT2D eigenvalue weighted by molar-refractivity contribution is -0.116. The number of nitrogens with zero attached hydrogens (tertiary/aromatic N) is 2. The predicted octanol–water partition coefficient (Wildman–Crippen LogP) is 3.82. The van der Waals surface area contributed by atoms with Gasteiger partial charge in [0.05, 0.1) is 21.8 Å². The van der Waals surface area contributed by atoms with Crippen LogP contribution in [0.4, 0.5) is 5.69 Å². The number of hydrogen-bond acceptors (Lipinski definition) is 4. The highest BCUT2D eigenvalue weighted by molar-refractivity contribution is 9.10. The van der Waals surface area contributed by atoms with Gasteiger partial charge in [0, 0.05) is 37.1 Å². The lowest BCUT2D eigenvalue weighted by Gasteiger charge is -2.14. The fraction of sp³-hybridized carbons (Fsp3) is 0.238. The molecule has 0 saturated heterocycles. The number of carbonyl (C=O) groups excluding carboxylic acids is 4. The van der Waals surface area contributed by atoms with Gasteiger partial charge >= 0.3 is 0 Å². The quantitative estimate of drug-likeness (QED) is 0.621. The van der Waals surface area contributed by atoms with Crippen molar-refractivity contribution in [1.82, 2.24) is 9.80 Å². The number of imide groups is 1. The molecule has 2 aromatic carbocycles. The van der Waals surface area contributed by atoms with Crippen molar-refractivity contribution < 1.29 is 19.2 Å². The minimum atomic E-state index is -0.366. The first kappa shape index (κ1) is 22.0. The van der Waals surface area contributed by atoms with Crippen LogP contribution >= 0.6 is 27.5 Å². The van der Waals surface area contributed by atoms with E-state index in [4.69, 9.17) is 11.6 Å². The molecule has 0 fully saturated rings. The van der Waals surface area contributed by atoms with Crippen LogP contribution in [0, 0.1) is 0 Å². The highest BCUT2D eigenvalue weighted by Gasteiger charge is 2.35. The van der Waals surface area contributed by atoms with Gasteiger partial charge in [-0.2, -0.15) is 0 Å². The molecule has 0 saturated carbocycles. The first-order valence-electron chi connectivity index (χ1n) is 9.16. The number of anilines is 1. The molecule has 0 aromatic heterocycles. The SMILES string of the molecule is CN(C)C(=O)c1ccc(Cl)c(NC(=O)CCCN2C(=O)c3ccc(Br)cc3C2=O)c1. The Balaban J connectivity index is 1.59. The van der Waals surface area contributed by atoms with Crippen LogP contribution in [-0.2, 0) is 4.79 Å². The van der Waals surface area contributed by atoms with Gasteiger partial charge in [-0.1, -0.05) is 27.5 Å². The van der Waals surface area contributed by atoms with Crippen LogP contribution in [0.3, 0.4) is 0 Å². The Morgan fingerprint density at radius 2 is 1.77 bits per heavy atom. The summed E-state index contributed by atoms with van der Waals surface area (Å²) < 4.78 is 0.718. The van der Waals surface area contributed by atoms with E-state index >= 15 is 0 Å². The Kier molecular flexibility index (Phi) is 6.58. The van der Waals surface area contributed by atoms with Gasteiger partial charge in [-0.3, -0.25) is 24.1 Å². The second kappa shape index (κ2) is 8.97. The Bertz CT molecular complexity index is 1050. The summed E-state index contributed by atoms with van der Waals surface area (Å²) in [4.78, 5) is 51.9. The molecule has 1 heterocycles. The molecule has 0 radical (unpaired) electrons. The van der Waals surface area contributed by atoms with Crippen molar-refractivity contribution in [1.29, 1.82) is 0 Å². The number of fused-ring (bicyclic) bond motifs is 1. The zero-order valence-electron chi connectivity index (χ0n) is 16.4. The fourth-order valence-corrected chi connectivity index (χ4v) is 3.61. The zero-order chi connectivity index (χ0) is 22.0. The van der Waals surface area contributed by atoms with Crippen molar-refractivity contribution >= 4 is 56.8 Å². The van der Waals surface area contributed by atoms with Gasteiger partial charge in [0.2, 0.25) is 5.91 Å². The summed E-state index contributed by atoms with van der Waals surface area (Å²) in [6.45, 7) is 0.129. The zero-order valence-corrected chi connectivity index (χ0v) is 18.7. The smallest absolute Gasteiger partial charge is 0.261 e. The summed E-state index contributed by atoms with van der Waals surface area (Å²) in [5, 5.41) is 2.99. The lowest BCUT2D eigenvalue weighted by Crippen LogP contribution is -2.31. The van der Waals surface area contributed by atoms with Gasteiger partial charge in [0.15, 0.2) is 0 Å². The molecular weight excluding hydrogens is 474 g/mol. The summed E-state index contributed by atoms with van der Waals surface area (Å²) >= 11 is 9.42. The summed E-state index contributed by atoms with van der Waals surface area (Å²) in [5.41, 5.74) is 1.45. The molecular formula is C21H19BrClN3O4. The molecule has 156 valence electrons. The Hall–Kier alpha value is -2.71. The van der Waals surface area contributed by atoms with E-state index in [0.717, 1.165) is 9.37 Å². The molecule has 0 unspecified atom stereocenters. The topological polar surface area (TPSA) is 86.8 Å². The maximum absolute atomic E-state index is 12.5. The molecule has 3 rings (SSSR count). The van der Waals surface area contributed by atoms with Crippen molar-refractivity contribution in [2.24, 2.45) is 0 Å². The van der Waals surface area contributed by atoms with Crippen LogP contribution in [0.2, 0.25) is 5.02 Å². The number of benzene rings is 2. The minimum absolute atomic E-state index is 0.0826. The molecule has 9 heteroatoms. The summed E-state index contributed by atoms with van der Waals surface area (Å²) in [6.07, 6.45) is 0.381. The third kappa shape index (κ3) is 4.55. The summed E-state index contributed by atoms with van der Waals surface area (Å²) in [6, 6.07) is 9.58. The predicted molar refractivity (Wildman–Crippen MR) is 117 cm³/mol. The number of carbonyl (C=O) groups is 4. The third-order valence-corrected chi connectivity index (χ3v) is 5.43. The fourth-order valence-electron chi connectivity index (χ4n) is 3.09. The molecule has 7 nitrogen and oxygen atoms in total. The molecule has 0 atom stereocenters. The molecule has 30 heavy (non-hydrogen) atoms. The van der Waals surface area contributed by atoms with E-state index in [-0.39, 0.29) is 36.6 Å². The van der Waals surface area contributed by atoms with Crippen molar-refractivity contribution in [3.8, 4) is 0 Å². The molecule has 0 spiro atoms. The number of halogens is 2. The maximum atomic E-state index is 12.5. The van der Waals surface area contributed by atoms with Crippen molar-refractivity contribution in [2.45, 2.75) is 12.8 Å². The van der Waals surface area contributed by atoms with E-state index in [0.29, 0.717) is 33.8 Å². The normalized spacial score (nSPS) is 12.7. The lowest BCUT2D eigenvalue weighted by atomic mass is 10.1. The number of hydrogen-bond donors (Lipinski definition) is 1. The van der Waals surface area contributed by atoms with E-state index in [1.165, 1.54) is 11.0 Å². The van der Waals surface area contributed by atoms with E-state index < -0.39 is 0 Å². The minimum Gasteiger partial charge on any atom is -0.345 e. The van der Waals surface area contributed by atoms with Crippen LogP contribution in [0.1, 0.15) is 43.9 Å². The molecule has 2 aromatic rings. The molecule has 4 amide bonds. The van der Waals surface area contributed by atoms with E-state index in [9.17, 15) is 19.2 Å². The molecule has 0 bridgehead atoms. The highest BCUT2D eigenvalue weighted by Crippen LogP contribution is 2.27. The Labute approximate surface area is 187 Å². The number of nitrogens with one attached hydrogen (secondary N) is 1. The summed E-state index contributed by atoms with van der Waals surface area (Å²) in [5.74, 6) is -1.26. The van der Waals surface area contributed by atoms with E-state index in [1.807, 2.05) is 0 Å². The van der Waals surface area contributed by atoms with E-state index in [2.05, 4.69) is 21.2 Å². The van der Waals surface area contributed by atoms with Crippen molar-refractivity contribution in [2.75, 3.05) is 26.0 Å². The van der Waals surface area contributed by atoms with Crippen LogP contribution in [-0.4, -0.2) is 54.1 Å². The summed E-state index contributed by atoms with van der Waals surface area (Å²) in [7, 11) is 3.26.